The molecule has 2 aromatic heterocycles. The number of nitrogens with zero attached hydrogens (tertiary/aromatic N) is 2. The second-order valence-corrected chi connectivity index (χ2v) is 7.49. The van der Waals surface area contributed by atoms with Crippen molar-refractivity contribution in [3.05, 3.63) is 51.3 Å². The summed E-state index contributed by atoms with van der Waals surface area (Å²) in [4.78, 5) is 30.2. The summed E-state index contributed by atoms with van der Waals surface area (Å²) >= 11 is 0. The smallest absolute Gasteiger partial charge is 0.343 e. The number of aromatic nitrogens is 2. The second kappa shape index (κ2) is 5.81. The number of carbonyl (C=O) groups excluding carboxylic acids is 1. The number of nitrogens with one attached hydrogen (secondary N) is 1. The van der Waals surface area contributed by atoms with Crippen molar-refractivity contribution >= 4 is 28.2 Å². The molecule has 2 aliphatic rings. The SMILES string of the molecule is CC[C@@]1(O)C(=O)OCc2c1cc1n(c2=O)Cc2cc3cc(N)cc(NC)c3nc2-1. The van der Waals surface area contributed by atoms with Gasteiger partial charge in [0.1, 0.15) is 6.61 Å². The van der Waals surface area contributed by atoms with Crippen LogP contribution in [0.3, 0.4) is 0 Å². The summed E-state index contributed by atoms with van der Waals surface area (Å²) in [7, 11) is 1.80. The molecular weight excluding hydrogens is 372 g/mol. The minimum Gasteiger partial charge on any atom is -0.458 e. The number of hydrogen-bond donors (Lipinski definition) is 3. The summed E-state index contributed by atoms with van der Waals surface area (Å²) in [5, 5.41) is 14.9. The number of benzene rings is 1. The van der Waals surface area contributed by atoms with E-state index in [0.717, 1.165) is 22.2 Å². The molecule has 1 atom stereocenters. The van der Waals surface area contributed by atoms with Crippen LogP contribution in [0, 0.1) is 0 Å². The number of nitrogens with two attached hydrogens (primary N) is 1. The van der Waals surface area contributed by atoms with E-state index in [1.165, 1.54) is 0 Å². The summed E-state index contributed by atoms with van der Waals surface area (Å²) in [6.45, 7) is 1.91. The molecule has 1 aromatic carbocycles. The highest BCUT2D eigenvalue weighted by Gasteiger charge is 2.45. The van der Waals surface area contributed by atoms with Gasteiger partial charge in [-0.05, 0) is 30.7 Å². The van der Waals surface area contributed by atoms with Crippen molar-refractivity contribution in [2.75, 3.05) is 18.1 Å². The predicted molar refractivity (Wildman–Crippen MR) is 108 cm³/mol. The molecular formula is C21H20N4O4. The molecule has 0 fully saturated rings. The van der Waals surface area contributed by atoms with Gasteiger partial charge in [-0.1, -0.05) is 6.92 Å². The highest BCUT2D eigenvalue weighted by Crippen LogP contribution is 2.39. The third kappa shape index (κ3) is 2.26. The quantitative estimate of drug-likeness (QED) is 0.351. The molecule has 8 heteroatoms. The van der Waals surface area contributed by atoms with Gasteiger partial charge in [-0.3, -0.25) is 4.79 Å². The molecule has 5 rings (SSSR count). The molecule has 29 heavy (non-hydrogen) atoms. The summed E-state index contributed by atoms with van der Waals surface area (Å²) in [5.41, 5.74) is 8.81. The van der Waals surface area contributed by atoms with Gasteiger partial charge >= 0.3 is 5.97 Å². The fourth-order valence-electron chi connectivity index (χ4n) is 4.31. The number of hydrogen-bond acceptors (Lipinski definition) is 7. The Bertz CT molecular complexity index is 1280. The lowest BCUT2D eigenvalue weighted by Crippen LogP contribution is -2.44. The maximum absolute atomic E-state index is 13.2. The Balaban J connectivity index is 1.81. The van der Waals surface area contributed by atoms with E-state index in [9.17, 15) is 14.7 Å². The number of rotatable bonds is 2. The van der Waals surface area contributed by atoms with Gasteiger partial charge in [-0.15, -0.1) is 0 Å². The Hall–Kier alpha value is -3.39. The molecule has 0 aliphatic carbocycles. The second-order valence-electron chi connectivity index (χ2n) is 7.49. The molecule has 0 bridgehead atoms. The predicted octanol–water partition coefficient (Wildman–Crippen LogP) is 1.70. The standard InChI is InChI=1S/C21H20N4O4/c1-3-21(28)14-7-16-18-11(8-25(16)19(26)13(14)9-29-20(21)27)4-10-5-12(22)6-15(23-2)17(10)24-18/h4-7,23,28H,3,8-9,22H2,1-2H3/t21-/m0/s1. The number of carbonyl (C=O) groups is 1. The lowest BCUT2D eigenvalue weighted by molar-refractivity contribution is -0.172. The fourth-order valence-corrected chi connectivity index (χ4v) is 4.31. The zero-order valence-corrected chi connectivity index (χ0v) is 16.1. The number of fused-ring (bicyclic) bond motifs is 5. The largest absolute Gasteiger partial charge is 0.458 e. The van der Waals surface area contributed by atoms with Crippen LogP contribution in [-0.2, 0) is 28.3 Å². The topological polar surface area (TPSA) is 119 Å². The van der Waals surface area contributed by atoms with Crippen molar-refractivity contribution in [2.24, 2.45) is 0 Å². The molecule has 0 amide bonds. The number of anilines is 2. The van der Waals surface area contributed by atoms with Gasteiger partial charge in [0.15, 0.2) is 5.60 Å². The van der Waals surface area contributed by atoms with E-state index in [2.05, 4.69) is 5.32 Å². The van der Waals surface area contributed by atoms with Crippen molar-refractivity contribution in [3.8, 4) is 11.4 Å². The Labute approximate surface area is 165 Å². The van der Waals surface area contributed by atoms with Crippen molar-refractivity contribution in [3.63, 3.8) is 0 Å². The first-order valence-electron chi connectivity index (χ1n) is 9.45. The third-order valence-electron chi connectivity index (χ3n) is 5.90. The molecule has 0 radical (unpaired) electrons. The molecule has 2 aliphatic heterocycles. The highest BCUT2D eigenvalue weighted by molar-refractivity contribution is 5.96. The van der Waals surface area contributed by atoms with E-state index in [0.29, 0.717) is 34.7 Å². The number of esters is 1. The van der Waals surface area contributed by atoms with Gasteiger partial charge in [0, 0.05) is 29.2 Å². The van der Waals surface area contributed by atoms with E-state index in [4.69, 9.17) is 15.5 Å². The van der Waals surface area contributed by atoms with E-state index in [1.807, 2.05) is 18.2 Å². The zero-order chi connectivity index (χ0) is 20.5. The van der Waals surface area contributed by atoms with Crippen molar-refractivity contribution in [1.82, 2.24) is 9.55 Å². The lowest BCUT2D eigenvalue weighted by Gasteiger charge is -2.31. The van der Waals surface area contributed by atoms with E-state index in [-0.39, 0.29) is 18.6 Å². The van der Waals surface area contributed by atoms with Crippen LogP contribution in [0.2, 0.25) is 0 Å². The minimum absolute atomic E-state index is 0.114. The first kappa shape index (κ1) is 17.7. The van der Waals surface area contributed by atoms with Crippen LogP contribution in [0.25, 0.3) is 22.3 Å². The molecule has 4 heterocycles. The maximum atomic E-state index is 13.2. The van der Waals surface area contributed by atoms with Gasteiger partial charge < -0.3 is 25.5 Å². The van der Waals surface area contributed by atoms with Crippen LogP contribution in [0.4, 0.5) is 11.4 Å². The average molecular weight is 392 g/mol. The average Bonchev–Trinajstić information content (AvgIpc) is 3.07. The summed E-state index contributed by atoms with van der Waals surface area (Å²) < 4.78 is 6.71. The molecule has 8 nitrogen and oxygen atoms in total. The lowest BCUT2D eigenvalue weighted by atomic mass is 9.86. The number of aliphatic hydroxyl groups is 1. The van der Waals surface area contributed by atoms with Crippen molar-refractivity contribution in [2.45, 2.75) is 32.1 Å². The van der Waals surface area contributed by atoms with Crippen LogP contribution in [0.15, 0.2) is 29.1 Å². The summed E-state index contributed by atoms with van der Waals surface area (Å²) in [6, 6.07) is 7.35. The van der Waals surface area contributed by atoms with Crippen molar-refractivity contribution in [1.29, 1.82) is 0 Å². The van der Waals surface area contributed by atoms with E-state index >= 15 is 0 Å². The van der Waals surface area contributed by atoms with Crippen LogP contribution < -0.4 is 16.6 Å². The molecule has 0 saturated carbocycles. The van der Waals surface area contributed by atoms with Crippen LogP contribution in [0.5, 0.6) is 0 Å². The number of cyclic esters (lactones) is 1. The van der Waals surface area contributed by atoms with Gasteiger partial charge in [0.25, 0.3) is 5.56 Å². The Morgan fingerprint density at radius 2 is 2.10 bits per heavy atom. The van der Waals surface area contributed by atoms with Crippen LogP contribution in [-0.4, -0.2) is 27.7 Å². The van der Waals surface area contributed by atoms with Crippen LogP contribution in [0.1, 0.15) is 30.0 Å². The first-order chi connectivity index (χ1) is 13.9. The Kier molecular flexibility index (Phi) is 3.54. The summed E-state index contributed by atoms with van der Waals surface area (Å²) in [6.07, 6.45) is 0.114. The molecule has 148 valence electrons. The minimum atomic E-state index is -1.83. The molecule has 0 spiro atoms. The van der Waals surface area contributed by atoms with Crippen molar-refractivity contribution < 1.29 is 14.6 Å². The number of ether oxygens (including phenoxy) is 1. The highest BCUT2D eigenvalue weighted by atomic mass is 16.6. The van der Waals surface area contributed by atoms with Crippen LogP contribution >= 0.6 is 0 Å². The van der Waals surface area contributed by atoms with E-state index in [1.54, 1.807) is 24.6 Å². The zero-order valence-electron chi connectivity index (χ0n) is 16.1. The monoisotopic (exact) mass is 392 g/mol. The molecule has 4 N–H and O–H groups in total. The third-order valence-corrected chi connectivity index (χ3v) is 5.90. The van der Waals surface area contributed by atoms with Gasteiger partial charge in [0.2, 0.25) is 0 Å². The van der Waals surface area contributed by atoms with E-state index < -0.39 is 11.6 Å². The number of nitrogen functional groups attached to an aromatic ring is 1. The van der Waals surface area contributed by atoms with Gasteiger partial charge in [-0.25, -0.2) is 9.78 Å². The van der Waals surface area contributed by atoms with Gasteiger partial charge in [-0.2, -0.15) is 0 Å². The fraction of sp³-hybridized carbons (Fsp3) is 0.286. The normalized spacial score (nSPS) is 19.5. The van der Waals surface area contributed by atoms with Gasteiger partial charge in [0.05, 0.1) is 34.7 Å². The molecule has 0 saturated heterocycles. The maximum Gasteiger partial charge on any atom is 0.343 e. The number of pyridine rings is 2. The first-order valence-corrected chi connectivity index (χ1v) is 9.45. The molecule has 3 aromatic rings. The molecule has 0 unspecified atom stereocenters. The Morgan fingerprint density at radius 1 is 1.31 bits per heavy atom. The Morgan fingerprint density at radius 3 is 2.83 bits per heavy atom. The summed E-state index contributed by atoms with van der Waals surface area (Å²) in [5.74, 6) is -0.727.